The van der Waals surface area contributed by atoms with Crippen LogP contribution in [0.5, 0.6) is 0 Å². The lowest BCUT2D eigenvalue weighted by atomic mass is 10.3. The zero-order valence-electron chi connectivity index (χ0n) is 10.0. The Bertz CT molecular complexity index is 274. The molecule has 1 fully saturated rings. The lowest BCUT2D eigenvalue weighted by Gasteiger charge is -2.21. The monoisotopic (exact) mass is 226 g/mol. The summed E-state index contributed by atoms with van der Waals surface area (Å²) >= 11 is 0. The summed E-state index contributed by atoms with van der Waals surface area (Å²) in [7, 11) is 0. The molecule has 4 heteroatoms. The molecule has 1 aliphatic rings. The molecule has 0 aliphatic carbocycles. The van der Waals surface area contributed by atoms with Crippen molar-refractivity contribution in [1.82, 2.24) is 0 Å². The van der Waals surface area contributed by atoms with Crippen molar-refractivity contribution >= 4 is 5.97 Å². The van der Waals surface area contributed by atoms with Gasteiger partial charge in [-0.25, -0.2) is 0 Å². The molecule has 0 aromatic rings. The van der Waals surface area contributed by atoms with E-state index in [9.17, 15) is 4.79 Å². The molecule has 1 N–H and O–H groups in total. The molecule has 0 spiro atoms. The summed E-state index contributed by atoms with van der Waals surface area (Å²) in [5.41, 5.74) is 0. The van der Waals surface area contributed by atoms with E-state index in [2.05, 4.69) is 11.8 Å². The van der Waals surface area contributed by atoms with Gasteiger partial charge in [0.2, 0.25) is 0 Å². The summed E-state index contributed by atoms with van der Waals surface area (Å²) in [5, 5.41) is 0. The van der Waals surface area contributed by atoms with Crippen molar-refractivity contribution in [3.63, 3.8) is 0 Å². The number of hydrogen-bond acceptors (Lipinski definition) is 3. The van der Waals surface area contributed by atoms with Gasteiger partial charge >= 0.3 is 5.97 Å². The molecule has 1 unspecified atom stereocenters. The molecule has 0 saturated carbocycles. The van der Waals surface area contributed by atoms with Crippen LogP contribution in [0, 0.1) is 11.8 Å². The third-order valence-corrected chi connectivity index (χ3v) is 2.42. The van der Waals surface area contributed by atoms with Crippen molar-refractivity contribution in [2.75, 3.05) is 32.8 Å². The average Bonchev–Trinajstić information content (AvgIpc) is 2.25. The van der Waals surface area contributed by atoms with E-state index < -0.39 is 0 Å². The molecule has 0 radical (unpaired) electrons. The van der Waals surface area contributed by atoms with E-state index in [1.807, 2.05) is 6.92 Å². The highest BCUT2D eigenvalue weighted by Gasteiger charge is 2.11. The van der Waals surface area contributed by atoms with Crippen LogP contribution in [-0.2, 0) is 14.3 Å². The third kappa shape index (κ3) is 5.74. The van der Waals surface area contributed by atoms with Crippen LogP contribution in [0.2, 0.25) is 0 Å². The number of ether oxygens (including phenoxy) is 2. The molecular weight excluding hydrogens is 206 g/mol. The standard InChI is InChI=1S/C12H19NO3/c1-11(16-12(2)14)5-3-4-6-13-7-9-15-10-8-13/h11H,5-10H2,1-2H3/p+1. The van der Waals surface area contributed by atoms with E-state index >= 15 is 0 Å². The van der Waals surface area contributed by atoms with Gasteiger partial charge in [-0.05, 0) is 12.8 Å². The number of esters is 1. The van der Waals surface area contributed by atoms with Crippen molar-refractivity contribution in [2.45, 2.75) is 26.4 Å². The molecule has 4 nitrogen and oxygen atoms in total. The Balaban J connectivity index is 2.14. The van der Waals surface area contributed by atoms with Crippen molar-refractivity contribution in [2.24, 2.45) is 0 Å². The van der Waals surface area contributed by atoms with Crippen LogP contribution in [-0.4, -0.2) is 44.9 Å². The first-order chi connectivity index (χ1) is 7.68. The highest BCUT2D eigenvalue weighted by Crippen LogP contribution is 1.95. The Labute approximate surface area is 96.9 Å². The number of carbonyl (C=O) groups excluding carboxylic acids is 1. The number of carbonyl (C=O) groups is 1. The van der Waals surface area contributed by atoms with Gasteiger partial charge in [-0.1, -0.05) is 5.92 Å². The van der Waals surface area contributed by atoms with E-state index in [1.54, 1.807) is 0 Å². The van der Waals surface area contributed by atoms with E-state index in [0.717, 1.165) is 32.8 Å². The van der Waals surface area contributed by atoms with Crippen LogP contribution in [0.4, 0.5) is 0 Å². The SMILES string of the molecule is CC(=O)OC(C)CC#CC[NH+]1CCOCC1. The van der Waals surface area contributed by atoms with Gasteiger partial charge in [-0.3, -0.25) is 4.79 Å². The van der Waals surface area contributed by atoms with Crippen molar-refractivity contribution in [1.29, 1.82) is 0 Å². The minimum absolute atomic E-state index is 0.107. The van der Waals surface area contributed by atoms with Crippen molar-refractivity contribution < 1.29 is 19.2 Å². The normalized spacial score (nSPS) is 18.4. The van der Waals surface area contributed by atoms with E-state index in [4.69, 9.17) is 9.47 Å². The molecule has 1 rings (SSSR count). The Hall–Kier alpha value is -1.05. The quantitative estimate of drug-likeness (QED) is 0.508. The summed E-state index contributed by atoms with van der Waals surface area (Å²) in [6, 6.07) is 0. The highest BCUT2D eigenvalue weighted by molar-refractivity contribution is 5.66. The van der Waals surface area contributed by atoms with Crippen LogP contribution in [0.15, 0.2) is 0 Å². The molecule has 0 amide bonds. The van der Waals surface area contributed by atoms with Crippen LogP contribution in [0.25, 0.3) is 0 Å². The maximum atomic E-state index is 10.6. The van der Waals surface area contributed by atoms with Gasteiger partial charge in [-0.2, -0.15) is 0 Å². The minimum atomic E-state index is -0.242. The Kier molecular flexibility index (Phi) is 5.91. The molecule has 16 heavy (non-hydrogen) atoms. The fourth-order valence-electron chi connectivity index (χ4n) is 1.57. The summed E-state index contributed by atoms with van der Waals surface area (Å²) in [6.45, 7) is 7.87. The first-order valence-corrected chi connectivity index (χ1v) is 5.72. The van der Waals surface area contributed by atoms with Crippen LogP contribution < -0.4 is 4.90 Å². The second-order valence-corrected chi connectivity index (χ2v) is 4.02. The number of nitrogens with one attached hydrogen (secondary N) is 1. The maximum Gasteiger partial charge on any atom is 0.302 e. The minimum Gasteiger partial charge on any atom is -0.462 e. The smallest absolute Gasteiger partial charge is 0.302 e. The summed E-state index contributed by atoms with van der Waals surface area (Å²) in [4.78, 5) is 12.1. The largest absolute Gasteiger partial charge is 0.462 e. The summed E-state index contributed by atoms with van der Waals surface area (Å²) < 4.78 is 10.2. The van der Waals surface area contributed by atoms with Gasteiger partial charge in [0.05, 0.1) is 13.2 Å². The summed E-state index contributed by atoms with van der Waals surface area (Å²) in [6.07, 6.45) is 0.508. The van der Waals surface area contributed by atoms with Gasteiger partial charge < -0.3 is 14.4 Å². The number of hydrogen-bond donors (Lipinski definition) is 1. The molecule has 1 atom stereocenters. The Morgan fingerprint density at radius 1 is 1.44 bits per heavy atom. The second kappa shape index (κ2) is 7.26. The topological polar surface area (TPSA) is 40.0 Å². The predicted octanol–water partition coefficient (Wildman–Crippen LogP) is -0.753. The maximum absolute atomic E-state index is 10.6. The fraction of sp³-hybridized carbons (Fsp3) is 0.750. The molecule has 0 aromatic carbocycles. The van der Waals surface area contributed by atoms with Gasteiger partial charge in [0.15, 0.2) is 0 Å². The molecule has 0 aromatic heterocycles. The fourth-order valence-corrected chi connectivity index (χ4v) is 1.57. The predicted molar refractivity (Wildman–Crippen MR) is 60.0 cm³/mol. The van der Waals surface area contributed by atoms with Gasteiger partial charge in [0.25, 0.3) is 0 Å². The molecular formula is C12H20NO3+. The molecule has 1 saturated heterocycles. The van der Waals surface area contributed by atoms with Crippen LogP contribution >= 0.6 is 0 Å². The van der Waals surface area contributed by atoms with Crippen LogP contribution in [0.3, 0.4) is 0 Å². The molecule has 1 aliphatic heterocycles. The van der Waals surface area contributed by atoms with Gasteiger partial charge in [0.1, 0.15) is 25.7 Å². The molecule has 0 bridgehead atoms. The first kappa shape index (κ1) is 13.0. The number of quaternary nitrogens is 1. The lowest BCUT2D eigenvalue weighted by Crippen LogP contribution is -3.14. The zero-order chi connectivity index (χ0) is 11.8. The van der Waals surface area contributed by atoms with Gasteiger partial charge in [0, 0.05) is 13.3 Å². The first-order valence-electron chi connectivity index (χ1n) is 5.72. The third-order valence-electron chi connectivity index (χ3n) is 2.42. The second-order valence-electron chi connectivity index (χ2n) is 4.02. The molecule has 1 heterocycles. The lowest BCUT2D eigenvalue weighted by molar-refractivity contribution is -0.900. The van der Waals surface area contributed by atoms with Crippen molar-refractivity contribution in [3.8, 4) is 11.8 Å². The van der Waals surface area contributed by atoms with Crippen LogP contribution in [0.1, 0.15) is 20.3 Å². The zero-order valence-corrected chi connectivity index (χ0v) is 10.0. The van der Waals surface area contributed by atoms with Gasteiger partial charge in [-0.15, -0.1) is 0 Å². The molecule has 90 valence electrons. The van der Waals surface area contributed by atoms with E-state index in [1.165, 1.54) is 11.8 Å². The van der Waals surface area contributed by atoms with E-state index in [-0.39, 0.29) is 12.1 Å². The summed E-state index contributed by atoms with van der Waals surface area (Å²) in [5.74, 6) is 5.93. The Morgan fingerprint density at radius 2 is 2.12 bits per heavy atom. The highest BCUT2D eigenvalue weighted by atomic mass is 16.5. The Morgan fingerprint density at radius 3 is 2.75 bits per heavy atom. The number of rotatable bonds is 3. The average molecular weight is 226 g/mol. The number of morpholine rings is 1. The van der Waals surface area contributed by atoms with Crippen molar-refractivity contribution in [3.05, 3.63) is 0 Å². The van der Waals surface area contributed by atoms with E-state index in [0.29, 0.717) is 6.42 Å².